The number of halogens is 1. The second-order valence-corrected chi connectivity index (χ2v) is 7.15. The van der Waals surface area contributed by atoms with Crippen LogP contribution in [0.2, 0.25) is 0 Å². The molecule has 0 bridgehead atoms. The summed E-state index contributed by atoms with van der Waals surface area (Å²) in [5, 5.41) is 7.12. The molecule has 0 radical (unpaired) electrons. The van der Waals surface area contributed by atoms with Crippen LogP contribution in [-0.4, -0.2) is 49.6 Å². The predicted octanol–water partition coefficient (Wildman–Crippen LogP) is 2.98. The smallest absolute Gasteiger partial charge is 0.191 e. The number of nitrogens with zero attached hydrogens (tertiary/aromatic N) is 2. The fourth-order valence-corrected chi connectivity index (χ4v) is 3.45. The molecule has 5 heteroatoms. The normalized spacial score (nSPS) is 23.3. The van der Waals surface area contributed by atoms with Crippen LogP contribution < -0.4 is 10.6 Å². The van der Waals surface area contributed by atoms with Gasteiger partial charge in [0.15, 0.2) is 5.96 Å². The highest BCUT2D eigenvalue weighted by Gasteiger charge is 2.33. The SMILES string of the molecule is CN=C(NCCN(CC1CC1)C1CC1)NC1CCCCC1.I. The molecular weight excluding hydrogens is 387 g/mol. The van der Waals surface area contributed by atoms with Crippen molar-refractivity contribution in [3.8, 4) is 0 Å². The largest absolute Gasteiger partial charge is 0.355 e. The average molecular weight is 420 g/mol. The summed E-state index contributed by atoms with van der Waals surface area (Å²) in [5.41, 5.74) is 0. The Labute approximate surface area is 152 Å². The van der Waals surface area contributed by atoms with Crippen molar-refractivity contribution in [2.45, 2.75) is 69.9 Å². The Bertz CT molecular complexity index is 347. The molecular formula is C17H33IN4. The van der Waals surface area contributed by atoms with Crippen molar-refractivity contribution in [2.24, 2.45) is 10.9 Å². The van der Waals surface area contributed by atoms with E-state index in [1.807, 2.05) is 7.05 Å². The Kier molecular flexibility index (Phi) is 7.74. The second kappa shape index (κ2) is 9.30. The molecule has 0 aromatic heterocycles. The lowest BCUT2D eigenvalue weighted by atomic mass is 9.96. The van der Waals surface area contributed by atoms with Gasteiger partial charge in [0.2, 0.25) is 0 Å². The molecule has 0 heterocycles. The van der Waals surface area contributed by atoms with Crippen LogP contribution in [0.15, 0.2) is 4.99 Å². The highest BCUT2D eigenvalue weighted by Crippen LogP contribution is 2.34. The van der Waals surface area contributed by atoms with Gasteiger partial charge in [0.25, 0.3) is 0 Å². The lowest BCUT2D eigenvalue weighted by Crippen LogP contribution is -2.46. The molecule has 0 amide bonds. The molecule has 3 aliphatic carbocycles. The van der Waals surface area contributed by atoms with Gasteiger partial charge in [-0.15, -0.1) is 24.0 Å². The van der Waals surface area contributed by atoms with Gasteiger partial charge in [0, 0.05) is 38.8 Å². The van der Waals surface area contributed by atoms with E-state index >= 15 is 0 Å². The van der Waals surface area contributed by atoms with E-state index in [2.05, 4.69) is 20.5 Å². The second-order valence-electron chi connectivity index (χ2n) is 7.15. The molecule has 22 heavy (non-hydrogen) atoms. The van der Waals surface area contributed by atoms with Crippen LogP contribution in [0.1, 0.15) is 57.8 Å². The third kappa shape index (κ3) is 6.22. The molecule has 3 fully saturated rings. The van der Waals surface area contributed by atoms with Gasteiger partial charge in [-0.25, -0.2) is 0 Å². The van der Waals surface area contributed by atoms with Crippen molar-refractivity contribution in [3.05, 3.63) is 0 Å². The highest BCUT2D eigenvalue weighted by molar-refractivity contribution is 14.0. The summed E-state index contributed by atoms with van der Waals surface area (Å²) in [7, 11) is 1.89. The third-order valence-electron chi connectivity index (χ3n) is 5.11. The summed E-state index contributed by atoms with van der Waals surface area (Å²) >= 11 is 0. The van der Waals surface area contributed by atoms with E-state index in [-0.39, 0.29) is 24.0 Å². The molecule has 0 atom stereocenters. The summed E-state index contributed by atoms with van der Waals surface area (Å²) < 4.78 is 0. The first-order valence-corrected chi connectivity index (χ1v) is 9.06. The van der Waals surface area contributed by atoms with E-state index in [4.69, 9.17) is 0 Å². The van der Waals surface area contributed by atoms with E-state index in [0.29, 0.717) is 6.04 Å². The first-order chi connectivity index (χ1) is 10.3. The summed E-state index contributed by atoms with van der Waals surface area (Å²) in [6.07, 6.45) is 12.5. The van der Waals surface area contributed by atoms with Crippen molar-refractivity contribution in [2.75, 3.05) is 26.7 Å². The van der Waals surface area contributed by atoms with E-state index in [1.54, 1.807) is 0 Å². The van der Waals surface area contributed by atoms with Crippen molar-refractivity contribution >= 4 is 29.9 Å². The zero-order chi connectivity index (χ0) is 14.5. The number of hydrogen-bond donors (Lipinski definition) is 2. The van der Waals surface area contributed by atoms with Gasteiger partial charge in [-0.05, 0) is 44.4 Å². The number of guanidine groups is 1. The van der Waals surface area contributed by atoms with Crippen LogP contribution in [0.4, 0.5) is 0 Å². The Balaban J connectivity index is 0.00000176. The molecule has 0 unspecified atom stereocenters. The Hall–Kier alpha value is -0.0400. The van der Waals surface area contributed by atoms with Crippen molar-refractivity contribution in [1.29, 1.82) is 0 Å². The first-order valence-electron chi connectivity index (χ1n) is 9.06. The fourth-order valence-electron chi connectivity index (χ4n) is 3.45. The first kappa shape index (κ1) is 18.3. The number of aliphatic imine (C=N–C) groups is 1. The fraction of sp³-hybridized carbons (Fsp3) is 0.941. The van der Waals surface area contributed by atoms with E-state index < -0.39 is 0 Å². The van der Waals surface area contributed by atoms with Crippen molar-refractivity contribution in [3.63, 3.8) is 0 Å². The molecule has 3 rings (SSSR count). The molecule has 0 spiro atoms. The van der Waals surface area contributed by atoms with Gasteiger partial charge < -0.3 is 10.6 Å². The van der Waals surface area contributed by atoms with Gasteiger partial charge in [0.05, 0.1) is 0 Å². The maximum absolute atomic E-state index is 4.39. The highest BCUT2D eigenvalue weighted by atomic mass is 127. The molecule has 0 aliphatic heterocycles. The predicted molar refractivity (Wildman–Crippen MR) is 104 cm³/mol. The van der Waals surface area contributed by atoms with Crippen LogP contribution in [0.25, 0.3) is 0 Å². The van der Waals surface area contributed by atoms with Gasteiger partial charge in [-0.3, -0.25) is 9.89 Å². The minimum atomic E-state index is 0. The van der Waals surface area contributed by atoms with E-state index in [0.717, 1.165) is 24.5 Å². The third-order valence-corrected chi connectivity index (χ3v) is 5.11. The summed E-state index contributed by atoms with van der Waals surface area (Å²) in [4.78, 5) is 7.10. The Morgan fingerprint density at radius 1 is 1.05 bits per heavy atom. The summed E-state index contributed by atoms with van der Waals surface area (Å²) in [5.74, 6) is 2.01. The lowest BCUT2D eigenvalue weighted by Gasteiger charge is -2.26. The monoisotopic (exact) mass is 420 g/mol. The molecule has 3 saturated carbocycles. The van der Waals surface area contributed by atoms with Gasteiger partial charge >= 0.3 is 0 Å². The number of hydrogen-bond acceptors (Lipinski definition) is 2. The molecule has 0 aromatic rings. The molecule has 3 aliphatic rings. The molecule has 2 N–H and O–H groups in total. The standard InChI is InChI=1S/C17H32N4.HI/c1-18-17(20-15-5-3-2-4-6-15)19-11-12-21(16-9-10-16)13-14-7-8-14;/h14-16H,2-13H2,1H3,(H2,18,19,20);1H. The van der Waals surface area contributed by atoms with Gasteiger partial charge in [0.1, 0.15) is 0 Å². The van der Waals surface area contributed by atoms with Crippen LogP contribution in [0.3, 0.4) is 0 Å². The zero-order valence-electron chi connectivity index (χ0n) is 14.0. The van der Waals surface area contributed by atoms with E-state index in [9.17, 15) is 0 Å². The molecule has 128 valence electrons. The van der Waals surface area contributed by atoms with Gasteiger partial charge in [-0.2, -0.15) is 0 Å². The maximum Gasteiger partial charge on any atom is 0.191 e. The quantitative estimate of drug-likeness (QED) is 0.378. The molecule has 0 aromatic carbocycles. The number of nitrogens with one attached hydrogen (secondary N) is 2. The van der Waals surface area contributed by atoms with Gasteiger partial charge in [-0.1, -0.05) is 19.3 Å². The average Bonchev–Trinajstić information content (AvgIpc) is 3.39. The topological polar surface area (TPSA) is 39.7 Å². The maximum atomic E-state index is 4.39. The molecule has 4 nitrogen and oxygen atoms in total. The van der Waals surface area contributed by atoms with Crippen molar-refractivity contribution < 1.29 is 0 Å². The zero-order valence-corrected chi connectivity index (χ0v) is 16.4. The minimum Gasteiger partial charge on any atom is -0.355 e. The van der Waals surface area contributed by atoms with Crippen LogP contribution >= 0.6 is 24.0 Å². The van der Waals surface area contributed by atoms with Crippen LogP contribution in [-0.2, 0) is 0 Å². The summed E-state index contributed by atoms with van der Waals surface area (Å²) in [6.45, 7) is 3.53. The van der Waals surface area contributed by atoms with Crippen LogP contribution in [0, 0.1) is 5.92 Å². The molecule has 0 saturated heterocycles. The Morgan fingerprint density at radius 2 is 1.77 bits per heavy atom. The number of rotatable bonds is 7. The minimum absolute atomic E-state index is 0. The van der Waals surface area contributed by atoms with E-state index in [1.165, 1.54) is 70.9 Å². The summed E-state index contributed by atoms with van der Waals surface area (Å²) in [6, 6.07) is 1.52. The Morgan fingerprint density at radius 3 is 2.36 bits per heavy atom. The van der Waals surface area contributed by atoms with Crippen molar-refractivity contribution in [1.82, 2.24) is 15.5 Å². The van der Waals surface area contributed by atoms with Crippen LogP contribution in [0.5, 0.6) is 0 Å². The lowest BCUT2D eigenvalue weighted by molar-refractivity contribution is 0.256.